The molecular formula is C31H33F3N2O3. The Labute approximate surface area is 226 Å². The first-order valence-electron chi connectivity index (χ1n) is 13.1. The SMILES string of the molecule is CC(C)Oc1cc2cc(CC(O)(CC(C)(C)c3cc(-c4ccccc4)cc4c3OCC4)C(F)(F)F)[nH]c2cn1. The van der Waals surface area contributed by atoms with Crippen molar-refractivity contribution in [3.05, 3.63) is 77.6 Å². The first kappa shape index (κ1) is 27.1. The second kappa shape index (κ2) is 9.90. The molecule has 3 heterocycles. The van der Waals surface area contributed by atoms with Crippen molar-refractivity contribution in [1.82, 2.24) is 9.97 Å². The highest BCUT2D eigenvalue weighted by molar-refractivity contribution is 5.80. The molecule has 1 atom stereocenters. The van der Waals surface area contributed by atoms with Gasteiger partial charge in [-0.2, -0.15) is 13.2 Å². The van der Waals surface area contributed by atoms with Crippen LogP contribution in [0.1, 0.15) is 50.9 Å². The number of ether oxygens (including phenoxy) is 2. The smallest absolute Gasteiger partial charge is 0.417 e. The van der Waals surface area contributed by atoms with E-state index < -0.39 is 30.0 Å². The summed E-state index contributed by atoms with van der Waals surface area (Å²) in [5.74, 6) is 1.01. The van der Waals surface area contributed by atoms with Crippen molar-refractivity contribution in [1.29, 1.82) is 0 Å². The molecule has 0 spiro atoms. The van der Waals surface area contributed by atoms with Gasteiger partial charge in [-0.3, -0.25) is 0 Å². The summed E-state index contributed by atoms with van der Waals surface area (Å²) in [5, 5.41) is 12.0. The zero-order valence-electron chi connectivity index (χ0n) is 22.5. The van der Waals surface area contributed by atoms with E-state index in [-0.39, 0.29) is 11.8 Å². The predicted octanol–water partition coefficient (Wildman–Crippen LogP) is 7.16. The van der Waals surface area contributed by atoms with Gasteiger partial charge in [-0.1, -0.05) is 44.2 Å². The molecule has 5 nitrogen and oxygen atoms in total. The highest BCUT2D eigenvalue weighted by atomic mass is 19.4. The number of pyridine rings is 1. The van der Waals surface area contributed by atoms with Crippen LogP contribution in [0.4, 0.5) is 13.2 Å². The molecule has 2 aromatic heterocycles. The predicted molar refractivity (Wildman–Crippen MR) is 145 cm³/mol. The molecule has 0 radical (unpaired) electrons. The van der Waals surface area contributed by atoms with Crippen LogP contribution in [0.3, 0.4) is 0 Å². The Morgan fingerprint density at radius 1 is 1.05 bits per heavy atom. The van der Waals surface area contributed by atoms with E-state index in [2.05, 4.69) is 9.97 Å². The summed E-state index contributed by atoms with van der Waals surface area (Å²) in [6.45, 7) is 7.69. The second-order valence-corrected chi connectivity index (χ2v) is 11.3. The van der Waals surface area contributed by atoms with Crippen molar-refractivity contribution >= 4 is 10.9 Å². The quantitative estimate of drug-likeness (QED) is 0.250. The molecule has 0 amide bonds. The van der Waals surface area contributed by atoms with Gasteiger partial charge in [-0.05, 0) is 60.6 Å². The topological polar surface area (TPSA) is 67.4 Å². The number of fused-ring (bicyclic) bond motifs is 2. The molecule has 0 aliphatic carbocycles. The third-order valence-electron chi connectivity index (χ3n) is 7.26. The monoisotopic (exact) mass is 538 g/mol. The van der Waals surface area contributed by atoms with Gasteiger partial charge >= 0.3 is 6.18 Å². The molecule has 8 heteroatoms. The van der Waals surface area contributed by atoms with E-state index >= 15 is 0 Å². The lowest BCUT2D eigenvalue weighted by Crippen LogP contribution is -2.51. The Morgan fingerprint density at radius 3 is 2.49 bits per heavy atom. The van der Waals surface area contributed by atoms with E-state index in [0.29, 0.717) is 41.1 Å². The average Bonchev–Trinajstić information content (AvgIpc) is 3.48. The largest absolute Gasteiger partial charge is 0.493 e. The van der Waals surface area contributed by atoms with Crippen LogP contribution >= 0.6 is 0 Å². The van der Waals surface area contributed by atoms with Gasteiger partial charge in [0.05, 0.1) is 24.4 Å². The number of aromatic nitrogens is 2. The van der Waals surface area contributed by atoms with Crippen molar-refractivity contribution < 1.29 is 27.8 Å². The summed E-state index contributed by atoms with van der Waals surface area (Å²) in [5.41, 5.74) is 0.318. The van der Waals surface area contributed by atoms with Crippen LogP contribution in [-0.4, -0.2) is 39.6 Å². The standard InChI is InChI=1S/C31H33F3N2O3/c1-19(2)39-27-15-23-13-24(36-26(23)17-35-27)16-30(37,31(32,33)34)18-29(3,4)25-14-22(20-8-6-5-7-9-20)12-21-10-11-38-28(21)25/h5-9,12-15,17,19,36-37H,10-11,16,18H2,1-4H3. The third-order valence-corrected chi connectivity index (χ3v) is 7.26. The Hall–Kier alpha value is -3.52. The Morgan fingerprint density at radius 2 is 1.79 bits per heavy atom. The maximum absolute atomic E-state index is 14.6. The number of H-pyrrole nitrogens is 1. The van der Waals surface area contributed by atoms with E-state index in [4.69, 9.17) is 9.47 Å². The van der Waals surface area contributed by atoms with Crippen LogP contribution in [0.25, 0.3) is 22.0 Å². The van der Waals surface area contributed by atoms with Gasteiger partial charge in [0.25, 0.3) is 0 Å². The summed E-state index contributed by atoms with van der Waals surface area (Å²) >= 11 is 0. The maximum atomic E-state index is 14.6. The maximum Gasteiger partial charge on any atom is 0.417 e. The average molecular weight is 539 g/mol. The van der Waals surface area contributed by atoms with E-state index in [1.54, 1.807) is 26.0 Å². The van der Waals surface area contributed by atoms with Crippen molar-refractivity contribution in [3.63, 3.8) is 0 Å². The summed E-state index contributed by atoms with van der Waals surface area (Å²) in [6, 6.07) is 17.0. The van der Waals surface area contributed by atoms with Crippen molar-refractivity contribution in [2.45, 2.75) is 70.3 Å². The number of hydrogen-bond acceptors (Lipinski definition) is 4. The molecule has 5 rings (SSSR count). The van der Waals surface area contributed by atoms with E-state index in [0.717, 1.165) is 16.7 Å². The van der Waals surface area contributed by atoms with Gasteiger partial charge in [0.2, 0.25) is 5.88 Å². The third kappa shape index (κ3) is 5.48. The molecule has 0 saturated heterocycles. The van der Waals surface area contributed by atoms with Crippen LogP contribution in [-0.2, 0) is 18.3 Å². The Bertz CT molecular complexity index is 1480. The molecule has 0 saturated carbocycles. The van der Waals surface area contributed by atoms with Crippen LogP contribution in [0.5, 0.6) is 11.6 Å². The first-order valence-corrected chi connectivity index (χ1v) is 13.1. The van der Waals surface area contributed by atoms with Crippen molar-refractivity contribution in [2.24, 2.45) is 0 Å². The number of hydrogen-bond donors (Lipinski definition) is 2. The molecule has 0 fully saturated rings. The minimum absolute atomic E-state index is 0.0864. The van der Waals surface area contributed by atoms with E-state index in [1.165, 1.54) is 6.20 Å². The van der Waals surface area contributed by atoms with Crippen LogP contribution in [0, 0.1) is 0 Å². The van der Waals surface area contributed by atoms with Crippen LogP contribution < -0.4 is 9.47 Å². The van der Waals surface area contributed by atoms with Crippen LogP contribution in [0.15, 0.2) is 60.8 Å². The van der Waals surface area contributed by atoms with Crippen molar-refractivity contribution in [2.75, 3.05) is 6.61 Å². The highest BCUT2D eigenvalue weighted by Gasteiger charge is 2.56. The molecule has 0 bridgehead atoms. The van der Waals surface area contributed by atoms with Gasteiger partial charge < -0.3 is 19.6 Å². The number of nitrogens with one attached hydrogen (secondary N) is 1. The number of benzene rings is 2. The molecule has 1 aliphatic heterocycles. The lowest BCUT2D eigenvalue weighted by atomic mass is 9.72. The normalized spacial score (nSPS) is 15.3. The minimum atomic E-state index is -4.87. The van der Waals surface area contributed by atoms with Gasteiger partial charge in [-0.15, -0.1) is 0 Å². The second-order valence-electron chi connectivity index (χ2n) is 11.3. The fourth-order valence-corrected chi connectivity index (χ4v) is 5.49. The molecule has 1 unspecified atom stereocenters. The summed E-state index contributed by atoms with van der Waals surface area (Å²) in [4.78, 5) is 7.22. The number of aliphatic hydroxyl groups is 1. The van der Waals surface area contributed by atoms with Gasteiger partial charge in [0, 0.05) is 35.6 Å². The Kier molecular flexibility index (Phi) is 6.87. The minimum Gasteiger partial charge on any atom is -0.493 e. The highest BCUT2D eigenvalue weighted by Crippen LogP contribution is 2.48. The zero-order chi connectivity index (χ0) is 28.0. The fourth-order valence-electron chi connectivity index (χ4n) is 5.49. The fraction of sp³-hybridized carbons (Fsp3) is 0.387. The molecule has 39 heavy (non-hydrogen) atoms. The van der Waals surface area contributed by atoms with Gasteiger partial charge in [0.15, 0.2) is 5.60 Å². The van der Waals surface area contributed by atoms with E-state index in [9.17, 15) is 18.3 Å². The number of halogens is 3. The van der Waals surface area contributed by atoms with Crippen LogP contribution in [0.2, 0.25) is 0 Å². The lowest BCUT2D eigenvalue weighted by molar-refractivity contribution is -0.266. The first-order chi connectivity index (χ1) is 18.3. The van der Waals surface area contributed by atoms with E-state index in [1.807, 2.05) is 56.3 Å². The molecule has 206 valence electrons. The number of alkyl halides is 3. The number of rotatable bonds is 8. The molecule has 2 aromatic carbocycles. The van der Waals surface area contributed by atoms with Gasteiger partial charge in [0.1, 0.15) is 5.75 Å². The summed E-state index contributed by atoms with van der Waals surface area (Å²) in [7, 11) is 0. The molecular weight excluding hydrogens is 505 g/mol. The summed E-state index contributed by atoms with van der Waals surface area (Å²) < 4.78 is 55.3. The molecule has 4 aromatic rings. The Balaban J connectivity index is 1.50. The summed E-state index contributed by atoms with van der Waals surface area (Å²) in [6.07, 6.45) is -3.91. The zero-order valence-corrected chi connectivity index (χ0v) is 22.5. The van der Waals surface area contributed by atoms with Gasteiger partial charge in [-0.25, -0.2) is 4.98 Å². The van der Waals surface area contributed by atoms with Crippen molar-refractivity contribution in [3.8, 4) is 22.8 Å². The lowest BCUT2D eigenvalue weighted by Gasteiger charge is -2.38. The number of nitrogens with zero attached hydrogens (tertiary/aromatic N) is 1. The number of aromatic amines is 1. The molecule has 1 aliphatic rings. The molecule has 2 N–H and O–H groups in total.